The first-order chi connectivity index (χ1) is 8.58. The molecular weight excluding hydrogens is 230 g/mol. The molecule has 1 rings (SSSR count). The van der Waals surface area contributed by atoms with Crippen molar-refractivity contribution in [2.24, 2.45) is 0 Å². The maximum absolute atomic E-state index is 11.7. The van der Waals surface area contributed by atoms with Crippen molar-refractivity contribution in [2.45, 2.75) is 39.9 Å². The maximum Gasteiger partial charge on any atom is 0.260 e. The van der Waals surface area contributed by atoms with E-state index in [2.05, 4.69) is 5.32 Å². The first kappa shape index (κ1) is 14.5. The van der Waals surface area contributed by atoms with Gasteiger partial charge in [-0.15, -0.1) is 0 Å². The van der Waals surface area contributed by atoms with Crippen LogP contribution in [-0.4, -0.2) is 23.7 Å². The largest absolute Gasteiger partial charge is 0.481 e. The van der Waals surface area contributed by atoms with Gasteiger partial charge in [-0.1, -0.05) is 24.6 Å². The van der Waals surface area contributed by atoms with Crippen molar-refractivity contribution in [1.82, 2.24) is 5.32 Å². The van der Waals surface area contributed by atoms with Gasteiger partial charge in [0.1, 0.15) is 5.75 Å². The highest BCUT2D eigenvalue weighted by molar-refractivity contribution is 5.80. The number of aliphatic hydroxyl groups excluding tert-OH is 1. The Morgan fingerprint density at radius 2 is 2.22 bits per heavy atom. The van der Waals surface area contributed by atoms with Gasteiger partial charge in [0.25, 0.3) is 5.91 Å². The molecule has 1 unspecified atom stereocenters. The molecule has 2 N–H and O–H groups in total. The molecule has 0 saturated heterocycles. The molecule has 1 amide bonds. The van der Waals surface area contributed by atoms with E-state index < -0.39 is 6.10 Å². The number of ether oxygens (including phenoxy) is 1. The summed E-state index contributed by atoms with van der Waals surface area (Å²) in [5.41, 5.74) is 1.75. The lowest BCUT2D eigenvalue weighted by atomic mass is 10.1. The second-order valence-corrected chi connectivity index (χ2v) is 4.32. The van der Waals surface area contributed by atoms with Gasteiger partial charge in [-0.25, -0.2) is 0 Å². The van der Waals surface area contributed by atoms with Crippen LogP contribution in [-0.2, 0) is 11.4 Å². The average Bonchev–Trinajstić information content (AvgIpc) is 2.37. The number of hydrogen-bond donors (Lipinski definition) is 2. The topological polar surface area (TPSA) is 58.6 Å². The van der Waals surface area contributed by atoms with E-state index >= 15 is 0 Å². The molecule has 0 bridgehead atoms. The molecular formula is C14H21NO3. The fraction of sp³-hybridized carbons (Fsp3) is 0.500. The first-order valence-corrected chi connectivity index (χ1v) is 6.23. The quantitative estimate of drug-likeness (QED) is 0.810. The zero-order valence-electron chi connectivity index (χ0n) is 11.2. The lowest BCUT2D eigenvalue weighted by Gasteiger charge is -2.16. The predicted molar refractivity (Wildman–Crippen MR) is 70.5 cm³/mol. The fourth-order valence-electron chi connectivity index (χ4n) is 1.58. The van der Waals surface area contributed by atoms with Crippen LogP contribution in [0.15, 0.2) is 18.2 Å². The van der Waals surface area contributed by atoms with Crippen molar-refractivity contribution in [1.29, 1.82) is 0 Å². The third-order valence-corrected chi connectivity index (χ3v) is 2.61. The minimum absolute atomic E-state index is 0.0969. The Kier molecular flexibility index (Phi) is 5.65. The number of aryl methyl sites for hydroxylation is 1. The molecule has 1 aromatic rings. The SMILES string of the molecule is CCCNC(=O)C(C)Oc1ccc(C)cc1CO. The van der Waals surface area contributed by atoms with Gasteiger partial charge in [-0.3, -0.25) is 4.79 Å². The summed E-state index contributed by atoms with van der Waals surface area (Å²) in [4.78, 5) is 11.7. The van der Waals surface area contributed by atoms with Crippen molar-refractivity contribution < 1.29 is 14.6 Å². The zero-order valence-corrected chi connectivity index (χ0v) is 11.2. The second kappa shape index (κ2) is 7.01. The summed E-state index contributed by atoms with van der Waals surface area (Å²) in [6.45, 7) is 6.19. The van der Waals surface area contributed by atoms with Crippen molar-refractivity contribution in [3.05, 3.63) is 29.3 Å². The van der Waals surface area contributed by atoms with Crippen molar-refractivity contribution >= 4 is 5.91 Å². The number of rotatable bonds is 6. The Balaban J connectivity index is 2.69. The van der Waals surface area contributed by atoms with E-state index in [0.29, 0.717) is 17.9 Å². The van der Waals surface area contributed by atoms with Crippen LogP contribution in [0.3, 0.4) is 0 Å². The Bertz CT molecular complexity index is 404. The van der Waals surface area contributed by atoms with E-state index in [0.717, 1.165) is 12.0 Å². The van der Waals surface area contributed by atoms with Gasteiger partial charge in [0.15, 0.2) is 6.10 Å². The number of carbonyl (C=O) groups excluding carboxylic acids is 1. The molecule has 1 atom stereocenters. The Hall–Kier alpha value is -1.55. The molecule has 4 heteroatoms. The van der Waals surface area contributed by atoms with Gasteiger partial charge in [0.2, 0.25) is 0 Å². The van der Waals surface area contributed by atoms with Crippen LogP contribution < -0.4 is 10.1 Å². The lowest BCUT2D eigenvalue weighted by Crippen LogP contribution is -2.36. The number of hydrogen-bond acceptors (Lipinski definition) is 3. The Morgan fingerprint density at radius 1 is 1.50 bits per heavy atom. The highest BCUT2D eigenvalue weighted by Crippen LogP contribution is 2.21. The normalized spacial score (nSPS) is 12.0. The van der Waals surface area contributed by atoms with Crippen molar-refractivity contribution in [2.75, 3.05) is 6.54 Å². The molecule has 0 radical (unpaired) electrons. The zero-order chi connectivity index (χ0) is 13.5. The fourth-order valence-corrected chi connectivity index (χ4v) is 1.58. The molecule has 0 aliphatic carbocycles. The van der Waals surface area contributed by atoms with Crippen LogP contribution in [0, 0.1) is 6.92 Å². The van der Waals surface area contributed by atoms with Gasteiger partial charge in [0, 0.05) is 12.1 Å². The smallest absolute Gasteiger partial charge is 0.260 e. The van der Waals surface area contributed by atoms with E-state index in [9.17, 15) is 9.90 Å². The molecule has 100 valence electrons. The number of aliphatic hydroxyl groups is 1. The lowest BCUT2D eigenvalue weighted by molar-refractivity contribution is -0.127. The third-order valence-electron chi connectivity index (χ3n) is 2.61. The van der Waals surface area contributed by atoms with Gasteiger partial charge in [-0.05, 0) is 26.3 Å². The van der Waals surface area contributed by atoms with Gasteiger partial charge >= 0.3 is 0 Å². The maximum atomic E-state index is 11.7. The molecule has 4 nitrogen and oxygen atoms in total. The van der Waals surface area contributed by atoms with Crippen LogP contribution in [0.5, 0.6) is 5.75 Å². The van der Waals surface area contributed by atoms with E-state index in [-0.39, 0.29) is 12.5 Å². The molecule has 1 aromatic carbocycles. The second-order valence-electron chi connectivity index (χ2n) is 4.32. The summed E-state index contributed by atoms with van der Waals surface area (Å²) in [7, 11) is 0. The number of carbonyl (C=O) groups is 1. The first-order valence-electron chi connectivity index (χ1n) is 6.23. The number of benzene rings is 1. The van der Waals surface area contributed by atoms with E-state index in [1.807, 2.05) is 26.0 Å². The summed E-state index contributed by atoms with van der Waals surface area (Å²) >= 11 is 0. The number of amides is 1. The summed E-state index contributed by atoms with van der Waals surface area (Å²) in [6.07, 6.45) is 0.329. The van der Waals surface area contributed by atoms with Crippen molar-refractivity contribution in [3.63, 3.8) is 0 Å². The molecule has 0 fully saturated rings. The predicted octanol–water partition coefficient (Wildman–Crippen LogP) is 1.78. The Labute approximate surface area is 108 Å². The summed E-state index contributed by atoms with van der Waals surface area (Å²) in [5, 5.41) is 12.0. The summed E-state index contributed by atoms with van der Waals surface area (Å²) in [5.74, 6) is 0.420. The highest BCUT2D eigenvalue weighted by Gasteiger charge is 2.15. The summed E-state index contributed by atoms with van der Waals surface area (Å²) in [6, 6.07) is 5.53. The minimum Gasteiger partial charge on any atom is -0.481 e. The molecule has 0 aromatic heterocycles. The van der Waals surface area contributed by atoms with E-state index in [1.165, 1.54) is 0 Å². The van der Waals surface area contributed by atoms with Crippen molar-refractivity contribution in [3.8, 4) is 5.75 Å². The number of nitrogens with one attached hydrogen (secondary N) is 1. The van der Waals surface area contributed by atoms with Crippen LogP contribution in [0.4, 0.5) is 0 Å². The Morgan fingerprint density at radius 3 is 2.83 bits per heavy atom. The summed E-state index contributed by atoms with van der Waals surface area (Å²) < 4.78 is 5.58. The van der Waals surface area contributed by atoms with Crippen LogP contribution in [0.2, 0.25) is 0 Å². The average molecular weight is 251 g/mol. The molecule has 0 aliphatic rings. The van der Waals surface area contributed by atoms with Gasteiger partial charge < -0.3 is 15.2 Å². The monoisotopic (exact) mass is 251 g/mol. The van der Waals surface area contributed by atoms with Crippen LogP contribution in [0.1, 0.15) is 31.4 Å². The van der Waals surface area contributed by atoms with Gasteiger partial charge in [-0.2, -0.15) is 0 Å². The minimum atomic E-state index is -0.565. The van der Waals surface area contributed by atoms with Crippen LogP contribution in [0.25, 0.3) is 0 Å². The molecule has 0 saturated carbocycles. The third kappa shape index (κ3) is 4.04. The molecule has 0 heterocycles. The van der Waals surface area contributed by atoms with E-state index in [4.69, 9.17) is 4.74 Å². The van der Waals surface area contributed by atoms with E-state index in [1.54, 1.807) is 13.0 Å². The van der Waals surface area contributed by atoms with Gasteiger partial charge in [0.05, 0.1) is 6.61 Å². The molecule has 0 spiro atoms. The standard InChI is InChI=1S/C14H21NO3/c1-4-7-15-14(17)11(3)18-13-6-5-10(2)8-12(13)9-16/h5-6,8,11,16H,4,7,9H2,1-3H3,(H,15,17). The molecule has 0 aliphatic heterocycles. The highest BCUT2D eigenvalue weighted by atomic mass is 16.5. The molecule has 18 heavy (non-hydrogen) atoms. The van der Waals surface area contributed by atoms with Crippen LogP contribution >= 0.6 is 0 Å².